The fourth-order valence-electron chi connectivity index (χ4n) is 4.32. The number of primary amides is 1. The minimum atomic E-state index is -2.90. The molecule has 1 aliphatic carbocycles. The first-order valence-corrected chi connectivity index (χ1v) is 10.3. The number of alkyl halides is 2. The van der Waals surface area contributed by atoms with Crippen LogP contribution in [0.5, 0.6) is 5.75 Å². The van der Waals surface area contributed by atoms with Crippen molar-refractivity contribution in [2.24, 2.45) is 11.7 Å². The van der Waals surface area contributed by atoms with E-state index in [1.807, 2.05) is 0 Å². The van der Waals surface area contributed by atoms with E-state index in [0.717, 1.165) is 32.4 Å². The van der Waals surface area contributed by atoms with Crippen LogP contribution in [0.1, 0.15) is 42.1 Å². The summed E-state index contributed by atoms with van der Waals surface area (Å²) in [6, 6.07) is 8.55. The molecule has 1 amide bonds. The molecule has 3 N–H and O–H groups in total. The van der Waals surface area contributed by atoms with E-state index in [1.54, 1.807) is 10.9 Å². The van der Waals surface area contributed by atoms with Gasteiger partial charge in [0.2, 0.25) is 0 Å². The molecule has 8 nitrogen and oxygen atoms in total. The largest absolute Gasteiger partial charge is 0.435 e. The van der Waals surface area contributed by atoms with E-state index in [2.05, 4.69) is 26.1 Å². The van der Waals surface area contributed by atoms with E-state index in [-0.39, 0.29) is 29.1 Å². The second-order valence-corrected chi connectivity index (χ2v) is 7.92. The topological polar surface area (TPSA) is 109 Å². The Hall–Kier alpha value is -3.19. The highest BCUT2D eigenvalue weighted by Crippen LogP contribution is 2.37. The normalized spacial score (nSPS) is 23.7. The molecule has 0 radical (unpaired) electrons. The zero-order chi connectivity index (χ0) is 22.0. The highest BCUT2D eigenvalue weighted by atomic mass is 19.3. The lowest BCUT2D eigenvalue weighted by molar-refractivity contribution is -0.0498. The molecule has 0 spiro atoms. The second-order valence-electron chi connectivity index (χ2n) is 7.92. The van der Waals surface area contributed by atoms with Crippen LogP contribution in [0.2, 0.25) is 0 Å². The van der Waals surface area contributed by atoms with E-state index in [4.69, 9.17) is 5.73 Å². The van der Waals surface area contributed by atoms with Crippen molar-refractivity contribution in [3.63, 3.8) is 0 Å². The van der Waals surface area contributed by atoms with E-state index in [0.29, 0.717) is 11.7 Å². The summed E-state index contributed by atoms with van der Waals surface area (Å²) in [5.41, 5.74) is 6.28. The molecule has 3 atom stereocenters. The monoisotopic (exact) mass is 430 g/mol. The molecule has 2 aliphatic rings. The Morgan fingerprint density at radius 1 is 1.29 bits per heavy atom. The van der Waals surface area contributed by atoms with Gasteiger partial charge >= 0.3 is 6.61 Å². The average Bonchev–Trinajstić information content (AvgIpc) is 3.11. The van der Waals surface area contributed by atoms with Gasteiger partial charge in [0.25, 0.3) is 5.91 Å². The van der Waals surface area contributed by atoms with E-state index in [9.17, 15) is 18.8 Å². The van der Waals surface area contributed by atoms with Gasteiger partial charge < -0.3 is 20.7 Å². The quantitative estimate of drug-likeness (QED) is 0.698. The molecule has 1 aromatic heterocycles. The third-order valence-corrected chi connectivity index (χ3v) is 6.04. The van der Waals surface area contributed by atoms with Crippen LogP contribution in [0.15, 0.2) is 30.5 Å². The zero-order valence-corrected chi connectivity index (χ0v) is 16.9. The summed E-state index contributed by atoms with van der Waals surface area (Å²) in [7, 11) is 0. The third kappa shape index (κ3) is 4.61. The number of carbonyl (C=O) groups is 1. The van der Waals surface area contributed by atoms with Gasteiger partial charge in [0.05, 0.1) is 18.0 Å². The molecule has 1 saturated heterocycles. The van der Waals surface area contributed by atoms with Gasteiger partial charge in [-0.25, -0.2) is 0 Å². The van der Waals surface area contributed by atoms with Crippen LogP contribution >= 0.6 is 0 Å². The fourth-order valence-corrected chi connectivity index (χ4v) is 4.32. The van der Waals surface area contributed by atoms with Crippen molar-refractivity contribution >= 4 is 17.4 Å². The van der Waals surface area contributed by atoms with Crippen LogP contribution in [0.3, 0.4) is 0 Å². The minimum Gasteiger partial charge on any atom is -0.435 e. The smallest absolute Gasteiger partial charge is 0.387 e. The summed E-state index contributed by atoms with van der Waals surface area (Å²) in [5.74, 6) is -0.568. The summed E-state index contributed by atoms with van der Waals surface area (Å²) >= 11 is 0. The summed E-state index contributed by atoms with van der Waals surface area (Å²) in [6.07, 6.45) is 5.34. The predicted molar refractivity (Wildman–Crippen MR) is 109 cm³/mol. The summed E-state index contributed by atoms with van der Waals surface area (Å²) in [5, 5.41) is 17.3. The number of benzene rings is 1. The summed E-state index contributed by atoms with van der Waals surface area (Å²) in [4.78, 5) is 14.4. The van der Waals surface area contributed by atoms with Crippen LogP contribution < -0.4 is 15.8 Å². The standard InChI is InChI=1S/C21H24F2N6O2/c22-21(23)31-16-5-2-14(3-6-16)26-20-17(19(25)30)12-29(27-20)18-7-4-15(10-13(18)11-24)28-8-1-9-28/h2-3,5-6,12-13,15,18,21H,1,4,7-10H2,(H2,25,30)(H,26,27). The molecule has 4 rings (SSSR count). The lowest BCUT2D eigenvalue weighted by Gasteiger charge is -2.43. The molecule has 2 heterocycles. The number of anilines is 2. The number of nitriles is 1. The Morgan fingerprint density at radius 3 is 2.61 bits per heavy atom. The Kier molecular flexibility index (Phi) is 6.04. The third-order valence-electron chi connectivity index (χ3n) is 6.04. The fraction of sp³-hybridized carbons (Fsp3) is 0.476. The molecule has 1 saturated carbocycles. The molecule has 1 aliphatic heterocycles. The maximum Gasteiger partial charge on any atom is 0.387 e. The van der Waals surface area contributed by atoms with Gasteiger partial charge in [-0.3, -0.25) is 9.48 Å². The molecule has 2 fully saturated rings. The molecule has 3 unspecified atom stereocenters. The highest BCUT2D eigenvalue weighted by molar-refractivity contribution is 5.98. The maximum absolute atomic E-state index is 12.3. The van der Waals surface area contributed by atoms with Crippen molar-refractivity contribution in [3.05, 3.63) is 36.0 Å². The molecular formula is C21H24F2N6O2. The first kappa shape index (κ1) is 21.1. The number of rotatable bonds is 7. The lowest BCUT2D eigenvalue weighted by atomic mass is 9.81. The number of hydrogen-bond donors (Lipinski definition) is 2. The van der Waals surface area contributed by atoms with Crippen LogP contribution in [-0.4, -0.2) is 46.3 Å². The van der Waals surface area contributed by atoms with Crippen LogP contribution in [-0.2, 0) is 0 Å². The van der Waals surface area contributed by atoms with Crippen LogP contribution in [0.25, 0.3) is 0 Å². The molecule has 1 aromatic carbocycles. The van der Waals surface area contributed by atoms with Crippen molar-refractivity contribution < 1.29 is 18.3 Å². The van der Waals surface area contributed by atoms with Crippen molar-refractivity contribution in [2.75, 3.05) is 18.4 Å². The lowest BCUT2D eigenvalue weighted by Crippen LogP contribution is -2.48. The zero-order valence-electron chi connectivity index (χ0n) is 16.9. The number of carbonyl (C=O) groups excluding carboxylic acids is 1. The average molecular weight is 430 g/mol. The van der Waals surface area contributed by atoms with Gasteiger partial charge in [-0.1, -0.05) is 0 Å². The van der Waals surface area contributed by atoms with Crippen molar-refractivity contribution in [2.45, 2.75) is 44.4 Å². The molecule has 31 heavy (non-hydrogen) atoms. The number of nitrogens with two attached hydrogens (primary N) is 1. The van der Waals surface area contributed by atoms with Gasteiger partial charge in [0.1, 0.15) is 11.3 Å². The number of ether oxygens (including phenoxy) is 1. The van der Waals surface area contributed by atoms with Crippen LogP contribution in [0.4, 0.5) is 20.3 Å². The number of nitrogens with zero attached hydrogens (tertiary/aromatic N) is 4. The number of halogens is 2. The first-order valence-electron chi connectivity index (χ1n) is 10.3. The molecule has 0 bridgehead atoms. The number of nitrogens with one attached hydrogen (secondary N) is 1. The van der Waals surface area contributed by atoms with E-state index in [1.165, 1.54) is 30.7 Å². The Labute approximate surface area is 178 Å². The molecule has 164 valence electrons. The molecule has 10 heteroatoms. The predicted octanol–water partition coefficient (Wildman–Crippen LogP) is 3.27. The second kappa shape index (κ2) is 8.89. The summed E-state index contributed by atoms with van der Waals surface area (Å²) in [6.45, 7) is -0.715. The van der Waals surface area contributed by atoms with E-state index >= 15 is 0 Å². The Morgan fingerprint density at radius 2 is 2.03 bits per heavy atom. The Balaban J connectivity index is 1.52. The number of hydrogen-bond acceptors (Lipinski definition) is 6. The van der Waals surface area contributed by atoms with Crippen molar-refractivity contribution in [1.82, 2.24) is 14.7 Å². The van der Waals surface area contributed by atoms with Crippen molar-refractivity contribution in [1.29, 1.82) is 5.26 Å². The number of likely N-dealkylation sites (tertiary alicyclic amines) is 1. The highest BCUT2D eigenvalue weighted by Gasteiger charge is 2.37. The van der Waals surface area contributed by atoms with Gasteiger partial charge in [0, 0.05) is 17.9 Å². The SMILES string of the molecule is N#CC1CC(N2CCC2)CCC1n1cc(C(N)=O)c(Nc2ccc(OC(F)F)cc2)n1. The molecular weight excluding hydrogens is 406 g/mol. The van der Waals surface area contributed by atoms with Crippen molar-refractivity contribution in [3.8, 4) is 11.8 Å². The minimum absolute atomic E-state index is 0.0250. The summed E-state index contributed by atoms with van der Waals surface area (Å²) < 4.78 is 30.6. The molecule has 2 aromatic rings. The van der Waals surface area contributed by atoms with E-state index < -0.39 is 12.5 Å². The number of aromatic nitrogens is 2. The van der Waals surface area contributed by atoms with Gasteiger partial charge in [-0.2, -0.15) is 19.1 Å². The van der Waals surface area contributed by atoms with Crippen LogP contribution in [0, 0.1) is 17.2 Å². The Bertz CT molecular complexity index is 967. The van der Waals surface area contributed by atoms with Gasteiger partial charge in [-0.05, 0) is 63.0 Å². The maximum atomic E-state index is 12.3. The first-order chi connectivity index (χ1) is 14.9. The van der Waals surface area contributed by atoms with Gasteiger partial charge in [-0.15, -0.1) is 0 Å². The van der Waals surface area contributed by atoms with Gasteiger partial charge in [0.15, 0.2) is 5.82 Å². The number of amides is 1.